The molecule has 0 aliphatic carbocycles. The van der Waals surface area contributed by atoms with E-state index < -0.39 is 4.92 Å². The maximum Gasteiger partial charge on any atom is 0.293 e. The van der Waals surface area contributed by atoms with Crippen LogP contribution in [0.25, 0.3) is 17.4 Å². The molecular formula is C21H14N2O5S. The van der Waals surface area contributed by atoms with Crippen LogP contribution >= 0.6 is 11.8 Å². The molecule has 7 nitrogen and oxygen atoms in total. The van der Waals surface area contributed by atoms with E-state index >= 15 is 0 Å². The zero-order chi connectivity index (χ0) is 20.4. The second kappa shape index (κ2) is 7.76. The Hall–Kier alpha value is -3.65. The molecule has 8 heteroatoms. The Bertz CT molecular complexity index is 1120. The molecular weight excluding hydrogens is 392 g/mol. The van der Waals surface area contributed by atoms with E-state index in [-0.39, 0.29) is 28.3 Å². The number of non-ortho nitro benzene ring substituents is 1. The van der Waals surface area contributed by atoms with E-state index in [1.165, 1.54) is 23.1 Å². The van der Waals surface area contributed by atoms with Crippen LogP contribution < -0.4 is 0 Å². The lowest BCUT2D eigenvalue weighted by Crippen LogP contribution is -2.27. The van der Waals surface area contributed by atoms with E-state index in [9.17, 15) is 19.7 Å². The molecule has 0 N–H and O–H groups in total. The fourth-order valence-electron chi connectivity index (χ4n) is 2.86. The summed E-state index contributed by atoms with van der Waals surface area (Å²) in [5.74, 6) is 0.565. The average molecular weight is 406 g/mol. The highest BCUT2D eigenvalue weighted by atomic mass is 32.2. The number of nitro groups is 1. The van der Waals surface area contributed by atoms with Gasteiger partial charge in [0.25, 0.3) is 16.8 Å². The largest absolute Gasteiger partial charge is 0.457 e. The summed E-state index contributed by atoms with van der Waals surface area (Å²) in [7, 11) is 0. The number of hydrogen-bond acceptors (Lipinski definition) is 6. The van der Waals surface area contributed by atoms with Gasteiger partial charge >= 0.3 is 0 Å². The van der Waals surface area contributed by atoms with E-state index in [0.717, 1.165) is 17.3 Å². The molecule has 0 bridgehead atoms. The van der Waals surface area contributed by atoms with Gasteiger partial charge in [-0.3, -0.25) is 24.6 Å². The van der Waals surface area contributed by atoms with E-state index in [4.69, 9.17) is 4.42 Å². The SMILES string of the molecule is O=C1S/C(=C\c2ccc(-c3ccc([N+](=O)[O-])cc3)o2)C(=O)N1Cc1ccccc1. The molecule has 1 aromatic heterocycles. The first-order valence-electron chi connectivity index (χ1n) is 8.65. The van der Waals surface area contributed by atoms with Crippen molar-refractivity contribution in [2.45, 2.75) is 6.54 Å². The molecule has 0 atom stereocenters. The number of nitro benzene ring substituents is 1. The van der Waals surface area contributed by atoms with Crippen molar-refractivity contribution in [2.24, 2.45) is 0 Å². The molecule has 2 heterocycles. The average Bonchev–Trinajstić information content (AvgIpc) is 3.29. The number of imide groups is 1. The molecule has 1 aliphatic heterocycles. The lowest BCUT2D eigenvalue weighted by molar-refractivity contribution is -0.384. The van der Waals surface area contributed by atoms with Gasteiger partial charge < -0.3 is 4.42 Å². The lowest BCUT2D eigenvalue weighted by atomic mass is 10.1. The summed E-state index contributed by atoms with van der Waals surface area (Å²) in [4.78, 5) is 36.6. The Labute approximate surface area is 169 Å². The van der Waals surface area contributed by atoms with Crippen LogP contribution in [0, 0.1) is 10.1 Å². The highest BCUT2D eigenvalue weighted by Gasteiger charge is 2.35. The van der Waals surface area contributed by atoms with Crippen molar-refractivity contribution < 1.29 is 18.9 Å². The van der Waals surface area contributed by atoms with Crippen molar-refractivity contribution in [3.8, 4) is 11.3 Å². The van der Waals surface area contributed by atoms with Gasteiger partial charge in [0, 0.05) is 23.8 Å². The first-order valence-corrected chi connectivity index (χ1v) is 9.47. The number of hydrogen-bond donors (Lipinski definition) is 0. The topological polar surface area (TPSA) is 93.7 Å². The monoisotopic (exact) mass is 406 g/mol. The third-order valence-electron chi connectivity index (χ3n) is 4.32. The van der Waals surface area contributed by atoms with Gasteiger partial charge in [-0.1, -0.05) is 30.3 Å². The van der Waals surface area contributed by atoms with Crippen molar-refractivity contribution >= 4 is 34.7 Å². The highest BCUT2D eigenvalue weighted by molar-refractivity contribution is 8.18. The van der Waals surface area contributed by atoms with Gasteiger partial charge in [0.15, 0.2) is 0 Å². The van der Waals surface area contributed by atoms with E-state index in [0.29, 0.717) is 17.1 Å². The summed E-state index contributed by atoms with van der Waals surface area (Å²) >= 11 is 0.870. The highest BCUT2D eigenvalue weighted by Crippen LogP contribution is 2.34. The van der Waals surface area contributed by atoms with E-state index in [1.54, 1.807) is 24.3 Å². The Balaban J connectivity index is 1.52. The molecule has 0 radical (unpaired) electrons. The molecule has 1 saturated heterocycles. The van der Waals surface area contributed by atoms with Crippen LogP contribution in [0.3, 0.4) is 0 Å². The second-order valence-electron chi connectivity index (χ2n) is 6.26. The summed E-state index contributed by atoms with van der Waals surface area (Å²) in [6, 6.07) is 18.7. The van der Waals surface area contributed by atoms with Gasteiger partial charge in [0.05, 0.1) is 16.4 Å². The van der Waals surface area contributed by atoms with Crippen molar-refractivity contribution in [3.05, 3.63) is 93.1 Å². The minimum absolute atomic E-state index is 0.00683. The minimum atomic E-state index is -0.469. The van der Waals surface area contributed by atoms with Crippen LogP contribution in [-0.4, -0.2) is 21.0 Å². The molecule has 1 fully saturated rings. The summed E-state index contributed by atoms with van der Waals surface area (Å²) in [5, 5.41) is 10.4. The number of benzene rings is 2. The third-order valence-corrected chi connectivity index (χ3v) is 5.23. The number of rotatable bonds is 5. The first-order chi connectivity index (χ1) is 14.0. The van der Waals surface area contributed by atoms with Crippen LogP contribution in [0.15, 0.2) is 76.1 Å². The molecule has 0 unspecified atom stereocenters. The van der Waals surface area contributed by atoms with Crippen LogP contribution in [0.5, 0.6) is 0 Å². The second-order valence-corrected chi connectivity index (χ2v) is 7.25. The van der Waals surface area contributed by atoms with Crippen LogP contribution in [-0.2, 0) is 11.3 Å². The summed E-state index contributed by atoms with van der Waals surface area (Å²) < 4.78 is 5.73. The molecule has 3 aromatic rings. The standard InChI is InChI=1S/C21H14N2O5S/c24-20-19(29-21(25)22(20)13-14-4-2-1-3-5-14)12-17-10-11-18(28-17)15-6-8-16(9-7-15)23(26)27/h1-12H,13H2/b19-12-. The fraction of sp³-hybridized carbons (Fsp3) is 0.0476. The molecule has 0 spiro atoms. The van der Waals surface area contributed by atoms with Crippen LogP contribution in [0.1, 0.15) is 11.3 Å². The Kier molecular flexibility index (Phi) is 5.01. The quantitative estimate of drug-likeness (QED) is 0.333. The van der Waals surface area contributed by atoms with Gasteiger partial charge in [0.2, 0.25) is 0 Å². The summed E-state index contributed by atoms with van der Waals surface area (Å²) in [6.45, 7) is 0.217. The minimum Gasteiger partial charge on any atom is -0.457 e. The number of thioether (sulfide) groups is 1. The number of amides is 2. The predicted octanol–water partition coefficient (Wildman–Crippen LogP) is 5.09. The van der Waals surface area contributed by atoms with Gasteiger partial charge in [-0.25, -0.2) is 0 Å². The van der Waals surface area contributed by atoms with E-state index in [2.05, 4.69) is 0 Å². The smallest absolute Gasteiger partial charge is 0.293 e. The number of furan rings is 1. The third kappa shape index (κ3) is 3.97. The van der Waals surface area contributed by atoms with Crippen molar-refractivity contribution in [2.75, 3.05) is 0 Å². The fourth-order valence-corrected chi connectivity index (χ4v) is 3.68. The molecule has 2 amide bonds. The molecule has 2 aromatic carbocycles. The van der Waals surface area contributed by atoms with Crippen molar-refractivity contribution in [1.82, 2.24) is 4.90 Å². The predicted molar refractivity (Wildman–Crippen MR) is 109 cm³/mol. The normalized spacial score (nSPS) is 15.3. The van der Waals surface area contributed by atoms with Crippen LogP contribution in [0.2, 0.25) is 0 Å². The molecule has 1 aliphatic rings. The molecule has 144 valence electrons. The zero-order valence-corrected chi connectivity index (χ0v) is 15.8. The zero-order valence-electron chi connectivity index (χ0n) is 15.0. The maximum atomic E-state index is 12.6. The molecule has 29 heavy (non-hydrogen) atoms. The first kappa shape index (κ1) is 18.7. The van der Waals surface area contributed by atoms with Gasteiger partial charge in [-0.05, 0) is 41.6 Å². The molecule has 4 rings (SSSR count). The lowest BCUT2D eigenvalue weighted by Gasteiger charge is -2.11. The van der Waals surface area contributed by atoms with Crippen LogP contribution in [0.4, 0.5) is 10.5 Å². The van der Waals surface area contributed by atoms with Crippen molar-refractivity contribution in [1.29, 1.82) is 0 Å². The number of nitrogens with zero attached hydrogens (tertiary/aromatic N) is 2. The Morgan fingerprint density at radius 2 is 1.72 bits per heavy atom. The van der Waals surface area contributed by atoms with E-state index in [1.807, 2.05) is 30.3 Å². The van der Waals surface area contributed by atoms with Gasteiger partial charge in [0.1, 0.15) is 11.5 Å². The maximum absolute atomic E-state index is 12.6. The number of carbonyl (C=O) groups excluding carboxylic acids is 2. The van der Waals surface area contributed by atoms with Crippen molar-refractivity contribution in [3.63, 3.8) is 0 Å². The Morgan fingerprint density at radius 1 is 1.00 bits per heavy atom. The molecule has 0 saturated carbocycles. The summed E-state index contributed by atoms with van der Waals surface area (Å²) in [5.41, 5.74) is 1.54. The Morgan fingerprint density at radius 3 is 2.41 bits per heavy atom. The summed E-state index contributed by atoms with van der Waals surface area (Å²) in [6.07, 6.45) is 1.53. The van der Waals surface area contributed by atoms with Gasteiger partial charge in [-0.15, -0.1) is 0 Å². The van der Waals surface area contributed by atoms with Gasteiger partial charge in [-0.2, -0.15) is 0 Å². The number of carbonyl (C=O) groups is 2.